The first kappa shape index (κ1) is 14.1. The molecule has 0 spiro atoms. The average Bonchev–Trinajstić information content (AvgIpc) is 3.17. The van der Waals surface area contributed by atoms with Crippen LogP contribution in [0, 0.1) is 25.2 Å². The Morgan fingerprint density at radius 1 is 1.30 bits per heavy atom. The van der Waals surface area contributed by atoms with Gasteiger partial charge in [0.15, 0.2) is 0 Å². The van der Waals surface area contributed by atoms with Gasteiger partial charge in [-0.2, -0.15) is 0 Å². The van der Waals surface area contributed by atoms with Crippen LogP contribution in [0.15, 0.2) is 18.2 Å². The fourth-order valence-corrected chi connectivity index (χ4v) is 3.91. The predicted octanol–water partition coefficient (Wildman–Crippen LogP) is 3.25. The van der Waals surface area contributed by atoms with Crippen LogP contribution >= 0.6 is 0 Å². The monoisotopic (exact) mass is 273 g/mol. The third-order valence-electron chi connectivity index (χ3n) is 5.13. The molecule has 2 unspecified atom stereocenters. The van der Waals surface area contributed by atoms with E-state index in [1.54, 1.807) is 0 Å². The summed E-state index contributed by atoms with van der Waals surface area (Å²) in [4.78, 5) is 0. The van der Waals surface area contributed by atoms with E-state index in [0.29, 0.717) is 11.5 Å². The van der Waals surface area contributed by atoms with Gasteiger partial charge in [0.25, 0.3) is 0 Å². The van der Waals surface area contributed by atoms with Crippen molar-refractivity contribution in [3.05, 3.63) is 34.9 Å². The number of benzene rings is 1. The molecular weight excluding hydrogens is 246 g/mol. The van der Waals surface area contributed by atoms with Crippen molar-refractivity contribution in [3.8, 4) is 0 Å². The van der Waals surface area contributed by atoms with Crippen molar-refractivity contribution in [3.63, 3.8) is 0 Å². The van der Waals surface area contributed by atoms with Crippen LogP contribution < -0.4 is 5.32 Å². The molecule has 0 aromatic heterocycles. The highest BCUT2D eigenvalue weighted by molar-refractivity contribution is 5.32. The van der Waals surface area contributed by atoms with Crippen molar-refractivity contribution in [2.24, 2.45) is 11.3 Å². The Bertz CT molecular complexity index is 480. The average molecular weight is 273 g/mol. The van der Waals surface area contributed by atoms with E-state index in [2.05, 4.69) is 44.4 Å². The largest absolute Gasteiger partial charge is 0.377 e. The van der Waals surface area contributed by atoms with Gasteiger partial charge < -0.3 is 10.1 Å². The molecule has 2 nitrogen and oxygen atoms in total. The molecule has 1 saturated heterocycles. The van der Waals surface area contributed by atoms with Gasteiger partial charge in [-0.05, 0) is 63.6 Å². The first-order valence-electron chi connectivity index (χ1n) is 7.97. The quantitative estimate of drug-likeness (QED) is 0.889. The van der Waals surface area contributed by atoms with Crippen LogP contribution in [0.2, 0.25) is 0 Å². The van der Waals surface area contributed by atoms with Crippen molar-refractivity contribution in [2.45, 2.75) is 45.6 Å². The molecule has 0 bridgehead atoms. The highest BCUT2D eigenvalue weighted by Crippen LogP contribution is 2.49. The summed E-state index contributed by atoms with van der Waals surface area (Å²) in [5.74, 6) is 0.816. The van der Waals surface area contributed by atoms with E-state index in [4.69, 9.17) is 4.74 Å². The van der Waals surface area contributed by atoms with Crippen LogP contribution in [-0.4, -0.2) is 26.3 Å². The Morgan fingerprint density at radius 2 is 2.10 bits per heavy atom. The van der Waals surface area contributed by atoms with Crippen LogP contribution in [0.4, 0.5) is 0 Å². The normalized spacial score (nSPS) is 29.9. The number of hydrogen-bond donors (Lipinski definition) is 1. The van der Waals surface area contributed by atoms with Crippen LogP contribution in [0.25, 0.3) is 0 Å². The fraction of sp³-hybridized carbons (Fsp3) is 0.667. The summed E-state index contributed by atoms with van der Waals surface area (Å²) in [6.07, 6.45) is 5.55. The van der Waals surface area contributed by atoms with Crippen molar-refractivity contribution in [2.75, 3.05) is 20.2 Å². The molecule has 110 valence electrons. The molecule has 20 heavy (non-hydrogen) atoms. The van der Waals surface area contributed by atoms with Crippen LogP contribution in [0.1, 0.15) is 36.0 Å². The van der Waals surface area contributed by atoms with E-state index in [1.165, 1.54) is 36.0 Å². The lowest BCUT2D eigenvalue weighted by atomic mass is 9.73. The minimum absolute atomic E-state index is 0.300. The zero-order valence-corrected chi connectivity index (χ0v) is 13.0. The Balaban J connectivity index is 1.88. The molecule has 1 aromatic carbocycles. The molecule has 2 aliphatic rings. The van der Waals surface area contributed by atoms with Gasteiger partial charge in [-0.15, -0.1) is 0 Å². The van der Waals surface area contributed by atoms with Gasteiger partial charge in [-0.3, -0.25) is 0 Å². The summed E-state index contributed by atoms with van der Waals surface area (Å²) in [5.41, 5.74) is 4.60. The van der Waals surface area contributed by atoms with Gasteiger partial charge in [0.05, 0.1) is 6.10 Å². The summed E-state index contributed by atoms with van der Waals surface area (Å²) < 4.78 is 6.15. The standard InChI is InChI=1S/C18H27NO/c1-13-4-5-14(2)16(10-13)11-18(12-19-3)8-9-20-17(18)15-6-7-15/h4-5,10,15,17,19H,6-9,11-12H2,1-3H3. The Labute approximate surface area is 122 Å². The second kappa shape index (κ2) is 5.50. The van der Waals surface area contributed by atoms with Gasteiger partial charge in [0.2, 0.25) is 0 Å². The highest BCUT2D eigenvalue weighted by Gasteiger charge is 2.50. The SMILES string of the molecule is CNCC1(Cc2cc(C)ccc2C)CCOC1C1CC1. The zero-order valence-electron chi connectivity index (χ0n) is 13.0. The van der Waals surface area contributed by atoms with E-state index in [0.717, 1.165) is 25.5 Å². The molecular formula is C18H27NO. The molecule has 1 heterocycles. The third-order valence-corrected chi connectivity index (χ3v) is 5.13. The van der Waals surface area contributed by atoms with Gasteiger partial charge in [0, 0.05) is 18.6 Å². The maximum absolute atomic E-state index is 6.15. The van der Waals surface area contributed by atoms with Crippen LogP contribution in [0.5, 0.6) is 0 Å². The number of ether oxygens (including phenoxy) is 1. The molecule has 3 rings (SSSR count). The summed E-state index contributed by atoms with van der Waals surface area (Å²) in [5, 5.41) is 3.44. The maximum atomic E-state index is 6.15. The molecule has 1 saturated carbocycles. The Kier molecular flexibility index (Phi) is 3.87. The summed E-state index contributed by atoms with van der Waals surface area (Å²) in [7, 11) is 2.08. The van der Waals surface area contributed by atoms with Crippen molar-refractivity contribution in [1.29, 1.82) is 0 Å². The van der Waals surface area contributed by atoms with Crippen molar-refractivity contribution < 1.29 is 4.74 Å². The first-order valence-corrected chi connectivity index (χ1v) is 7.97. The summed E-state index contributed by atoms with van der Waals surface area (Å²) in [6, 6.07) is 6.85. The topological polar surface area (TPSA) is 21.3 Å². The minimum atomic E-state index is 0.300. The van der Waals surface area contributed by atoms with Gasteiger partial charge >= 0.3 is 0 Å². The molecule has 2 atom stereocenters. The number of nitrogens with one attached hydrogen (secondary N) is 1. The first-order chi connectivity index (χ1) is 9.64. The maximum Gasteiger partial charge on any atom is 0.0675 e. The predicted molar refractivity (Wildman–Crippen MR) is 83.1 cm³/mol. The van der Waals surface area contributed by atoms with Crippen LogP contribution in [0.3, 0.4) is 0 Å². The second-order valence-electron chi connectivity index (χ2n) is 6.88. The fourth-order valence-electron chi connectivity index (χ4n) is 3.91. The lowest BCUT2D eigenvalue weighted by Crippen LogP contribution is -2.42. The van der Waals surface area contributed by atoms with Gasteiger partial charge in [-0.25, -0.2) is 0 Å². The summed E-state index contributed by atoms with van der Waals surface area (Å²) >= 11 is 0. The molecule has 1 aliphatic heterocycles. The zero-order chi connectivity index (χ0) is 14.2. The molecule has 1 aromatic rings. The second-order valence-corrected chi connectivity index (χ2v) is 6.88. The number of hydrogen-bond acceptors (Lipinski definition) is 2. The lowest BCUT2D eigenvalue weighted by Gasteiger charge is -2.35. The molecule has 2 heteroatoms. The van der Waals surface area contributed by atoms with Crippen molar-refractivity contribution in [1.82, 2.24) is 5.32 Å². The highest BCUT2D eigenvalue weighted by atomic mass is 16.5. The Morgan fingerprint density at radius 3 is 2.80 bits per heavy atom. The third kappa shape index (κ3) is 2.64. The van der Waals surface area contributed by atoms with Gasteiger partial charge in [0.1, 0.15) is 0 Å². The van der Waals surface area contributed by atoms with Crippen LogP contribution in [-0.2, 0) is 11.2 Å². The molecule has 2 fully saturated rings. The number of aryl methyl sites for hydroxylation is 2. The van der Waals surface area contributed by atoms with E-state index in [1.807, 2.05) is 0 Å². The van der Waals surface area contributed by atoms with E-state index in [9.17, 15) is 0 Å². The molecule has 1 aliphatic carbocycles. The Hall–Kier alpha value is -0.860. The molecule has 1 N–H and O–H groups in total. The smallest absolute Gasteiger partial charge is 0.0675 e. The van der Waals surface area contributed by atoms with Gasteiger partial charge in [-0.1, -0.05) is 23.8 Å². The molecule has 0 amide bonds. The summed E-state index contributed by atoms with van der Waals surface area (Å²) in [6.45, 7) is 6.44. The van der Waals surface area contributed by atoms with Crippen molar-refractivity contribution >= 4 is 0 Å². The van der Waals surface area contributed by atoms with E-state index < -0.39 is 0 Å². The lowest BCUT2D eigenvalue weighted by molar-refractivity contribution is 0.0314. The minimum Gasteiger partial charge on any atom is -0.377 e. The van der Waals surface area contributed by atoms with E-state index >= 15 is 0 Å². The molecule has 0 radical (unpaired) electrons. The number of rotatable bonds is 5. The van der Waals surface area contributed by atoms with E-state index in [-0.39, 0.29) is 0 Å².